The highest BCUT2D eigenvalue weighted by molar-refractivity contribution is 6.10. The van der Waals surface area contributed by atoms with E-state index in [-0.39, 0.29) is 47.7 Å². The quantitative estimate of drug-likeness (QED) is 0.372. The first-order valence-corrected chi connectivity index (χ1v) is 12.3. The Morgan fingerprint density at radius 3 is 1.67 bits per heavy atom. The molecule has 0 saturated heterocycles. The maximum absolute atomic E-state index is 13.2. The molecule has 0 spiro atoms. The van der Waals surface area contributed by atoms with Gasteiger partial charge in [0, 0.05) is 5.56 Å². The van der Waals surface area contributed by atoms with Crippen LogP contribution in [0.15, 0.2) is 42.5 Å². The molecule has 0 bridgehead atoms. The number of hydrogen-bond donors (Lipinski definition) is 2. The molecule has 0 saturated carbocycles. The topological polar surface area (TPSA) is 93.1 Å². The number of fused-ring (bicyclic) bond motifs is 1. The van der Waals surface area contributed by atoms with Crippen LogP contribution in [0.3, 0.4) is 0 Å². The van der Waals surface area contributed by atoms with Crippen LogP contribution in [-0.2, 0) is 26.7 Å². The number of phenols is 1. The van der Waals surface area contributed by atoms with Crippen LogP contribution in [0.5, 0.6) is 11.5 Å². The number of carbonyl (C=O) groups is 2. The molecule has 3 rings (SSSR count). The highest BCUT2D eigenvalue weighted by Crippen LogP contribution is 2.45. The summed E-state index contributed by atoms with van der Waals surface area (Å²) in [7, 11) is 0. The summed E-state index contributed by atoms with van der Waals surface area (Å²) in [6.07, 6.45) is 0.265. The molecule has 0 atom stereocenters. The number of phenolic OH excluding ortho intramolecular Hbond substituents is 1. The molecule has 1 aromatic rings. The van der Waals surface area contributed by atoms with Crippen LogP contribution in [0.2, 0.25) is 0 Å². The third-order valence-electron chi connectivity index (χ3n) is 6.42. The molecule has 1 aromatic carbocycles. The summed E-state index contributed by atoms with van der Waals surface area (Å²) in [6.45, 7) is 13.8. The molecule has 6 heteroatoms. The van der Waals surface area contributed by atoms with E-state index in [1.807, 2.05) is 52.8 Å². The fraction of sp³-hybridized carbons (Fsp3) is 0.400. The van der Waals surface area contributed by atoms with E-state index in [0.717, 1.165) is 5.56 Å². The number of para-hydroxylation sites is 1. The molecular weight excluding hydrogens is 456 g/mol. The van der Waals surface area contributed by atoms with E-state index in [4.69, 9.17) is 9.47 Å². The number of rotatable bonds is 7. The smallest absolute Gasteiger partial charge is 0.339 e. The molecular formula is C30H36O6. The van der Waals surface area contributed by atoms with Crippen molar-refractivity contribution in [3.8, 4) is 22.6 Å². The fourth-order valence-electron chi connectivity index (χ4n) is 4.74. The molecule has 192 valence electrons. The Morgan fingerprint density at radius 2 is 1.22 bits per heavy atom. The van der Waals surface area contributed by atoms with E-state index in [0.29, 0.717) is 22.3 Å². The summed E-state index contributed by atoms with van der Waals surface area (Å²) in [5.41, 5.74) is 2.63. The van der Waals surface area contributed by atoms with Crippen LogP contribution >= 0.6 is 0 Å². The van der Waals surface area contributed by atoms with Gasteiger partial charge in [0.15, 0.2) is 0 Å². The third-order valence-corrected chi connectivity index (χ3v) is 6.42. The number of hydrogen-bond acceptors (Lipinski definition) is 6. The van der Waals surface area contributed by atoms with Gasteiger partial charge in [-0.1, -0.05) is 52.8 Å². The first-order valence-electron chi connectivity index (χ1n) is 12.3. The normalized spacial score (nSPS) is 12.0. The number of ether oxygens (including phenoxy) is 2. The zero-order valence-corrected chi connectivity index (χ0v) is 22.2. The summed E-state index contributed by atoms with van der Waals surface area (Å²) in [6, 6.07) is 11.9. The Balaban J connectivity index is 2.32. The monoisotopic (exact) mass is 492 g/mol. The molecule has 2 aliphatic carbocycles. The minimum Gasteiger partial charge on any atom is -0.508 e. The number of benzene rings is 1. The lowest BCUT2D eigenvalue weighted by Crippen LogP contribution is -2.25. The zero-order chi connectivity index (χ0) is 26.8. The van der Waals surface area contributed by atoms with Gasteiger partial charge in [0.1, 0.15) is 11.5 Å². The van der Waals surface area contributed by atoms with E-state index in [1.165, 1.54) is 12.1 Å². The first kappa shape index (κ1) is 27.1. The molecule has 0 unspecified atom stereocenters. The van der Waals surface area contributed by atoms with Gasteiger partial charge in [-0.15, -0.1) is 0 Å². The van der Waals surface area contributed by atoms with Gasteiger partial charge in [0.05, 0.1) is 24.3 Å². The van der Waals surface area contributed by atoms with Crippen molar-refractivity contribution in [2.24, 2.45) is 0 Å². The van der Waals surface area contributed by atoms with Gasteiger partial charge in [-0.25, -0.2) is 9.59 Å². The van der Waals surface area contributed by atoms with Crippen molar-refractivity contribution in [2.45, 2.75) is 65.7 Å². The van der Waals surface area contributed by atoms with Crippen LogP contribution < -0.4 is 0 Å². The molecule has 0 aliphatic heterocycles. The van der Waals surface area contributed by atoms with Crippen LogP contribution in [0.25, 0.3) is 11.1 Å². The van der Waals surface area contributed by atoms with Gasteiger partial charge in [0.25, 0.3) is 0 Å². The summed E-state index contributed by atoms with van der Waals surface area (Å²) in [5, 5.41) is 21.3. The molecule has 0 fully saturated rings. The molecule has 0 aromatic heterocycles. The molecule has 2 N–H and O–H groups in total. The maximum Gasteiger partial charge on any atom is 0.339 e. The van der Waals surface area contributed by atoms with Crippen LogP contribution in [-0.4, -0.2) is 35.4 Å². The van der Waals surface area contributed by atoms with Crippen molar-refractivity contribution >= 4 is 11.9 Å². The second-order valence-electron chi connectivity index (χ2n) is 10.6. The van der Waals surface area contributed by atoms with Gasteiger partial charge in [-0.2, -0.15) is 0 Å². The molecule has 6 nitrogen and oxygen atoms in total. The lowest BCUT2D eigenvalue weighted by atomic mass is 9.75. The van der Waals surface area contributed by atoms with Gasteiger partial charge in [-0.3, -0.25) is 0 Å². The van der Waals surface area contributed by atoms with E-state index in [9.17, 15) is 19.8 Å². The van der Waals surface area contributed by atoms with E-state index >= 15 is 0 Å². The lowest BCUT2D eigenvalue weighted by molar-refractivity contribution is 0.0525. The molecule has 0 heterocycles. The summed E-state index contributed by atoms with van der Waals surface area (Å²) < 4.78 is 10.8. The Labute approximate surface area is 213 Å². The lowest BCUT2D eigenvalue weighted by Gasteiger charge is -2.30. The Bertz CT molecular complexity index is 1190. The van der Waals surface area contributed by atoms with Crippen LogP contribution in [0.1, 0.15) is 85.9 Å². The minimum absolute atomic E-state index is 0.00150. The predicted octanol–water partition coefficient (Wildman–Crippen LogP) is 6.37. The number of esters is 2. The average molecular weight is 493 g/mol. The molecule has 2 aliphatic rings. The molecule has 0 radical (unpaired) electrons. The second kappa shape index (κ2) is 10.2. The van der Waals surface area contributed by atoms with E-state index in [2.05, 4.69) is 0 Å². The van der Waals surface area contributed by atoms with Crippen molar-refractivity contribution in [1.29, 1.82) is 0 Å². The fourth-order valence-corrected chi connectivity index (χ4v) is 4.74. The highest BCUT2D eigenvalue weighted by atomic mass is 16.5. The SMILES string of the molecule is CCOC(=O)c1c2ccc(O)ccc-2c(C(=O)OCC)c1CC(C)(C)c1cccc(C(C)(C)C)c1O. The van der Waals surface area contributed by atoms with E-state index < -0.39 is 17.4 Å². The summed E-state index contributed by atoms with van der Waals surface area (Å²) in [4.78, 5) is 26.5. The van der Waals surface area contributed by atoms with Crippen molar-refractivity contribution < 1.29 is 29.3 Å². The largest absolute Gasteiger partial charge is 0.508 e. The van der Waals surface area contributed by atoms with Crippen molar-refractivity contribution in [3.63, 3.8) is 0 Å². The van der Waals surface area contributed by atoms with Crippen molar-refractivity contribution in [2.75, 3.05) is 13.2 Å². The molecule has 36 heavy (non-hydrogen) atoms. The average Bonchev–Trinajstić information content (AvgIpc) is 2.95. The Kier molecular flexibility index (Phi) is 7.68. The standard InChI is InChI=1S/C30H36O6/c1-8-35-27(33)24-19-15-13-18(31)14-16-20(19)25(28(34)36-9-2)21(24)17-30(6,7)23-12-10-11-22(26(23)32)29(3,4)5/h10-16,31-32H,8-9,17H2,1-7H3. The molecule has 0 amide bonds. The number of carbonyl (C=O) groups excluding carboxylic acids is 2. The van der Waals surface area contributed by atoms with Gasteiger partial charge < -0.3 is 19.7 Å². The van der Waals surface area contributed by atoms with Crippen molar-refractivity contribution in [1.82, 2.24) is 0 Å². The first-order chi connectivity index (χ1) is 16.8. The Hall–Kier alpha value is -3.54. The Morgan fingerprint density at radius 1 is 0.750 bits per heavy atom. The third kappa shape index (κ3) is 5.18. The second-order valence-corrected chi connectivity index (χ2v) is 10.6. The maximum atomic E-state index is 13.2. The van der Waals surface area contributed by atoms with Crippen LogP contribution in [0, 0.1) is 0 Å². The minimum atomic E-state index is -0.664. The highest BCUT2D eigenvalue weighted by Gasteiger charge is 2.37. The van der Waals surface area contributed by atoms with Gasteiger partial charge in [-0.05, 0) is 77.6 Å². The number of aromatic hydroxyl groups is 2. The summed E-state index contributed by atoms with van der Waals surface area (Å²) in [5.74, 6) is -0.899. The van der Waals surface area contributed by atoms with Gasteiger partial charge in [0.2, 0.25) is 0 Å². The van der Waals surface area contributed by atoms with E-state index in [1.54, 1.807) is 26.0 Å². The zero-order valence-electron chi connectivity index (χ0n) is 22.2. The van der Waals surface area contributed by atoms with Crippen LogP contribution in [0.4, 0.5) is 0 Å². The van der Waals surface area contributed by atoms with Crippen molar-refractivity contribution in [3.05, 3.63) is 70.3 Å². The van der Waals surface area contributed by atoms with Gasteiger partial charge >= 0.3 is 11.9 Å². The predicted molar refractivity (Wildman–Crippen MR) is 140 cm³/mol. The summed E-state index contributed by atoms with van der Waals surface area (Å²) >= 11 is 0.